The molecule has 0 saturated carbocycles. The number of amides is 1. The Hall–Kier alpha value is -2.67. The normalized spacial score (nSPS) is 15.0. The van der Waals surface area contributed by atoms with E-state index < -0.39 is 11.6 Å². The molecule has 0 spiro atoms. The maximum atomic E-state index is 13.8. The molecule has 0 unspecified atom stereocenters. The first kappa shape index (κ1) is 22.0. The minimum atomic E-state index is -0.435. The number of unbranched alkanes of at least 4 members (excludes halogenated alkanes) is 1. The second-order valence-corrected chi connectivity index (χ2v) is 7.58. The number of carbonyl (C=O) groups excluding carboxylic acids is 1. The summed E-state index contributed by atoms with van der Waals surface area (Å²) in [7, 11) is 1.60. The van der Waals surface area contributed by atoms with Crippen molar-refractivity contribution in [1.29, 1.82) is 0 Å². The third-order valence-electron chi connectivity index (χ3n) is 5.41. The highest BCUT2D eigenvalue weighted by Crippen LogP contribution is 2.20. The monoisotopic (exact) mass is 417 g/mol. The SMILES string of the molecule is COc1ccc(C(=O)NCCCCN2CCC(Nc3cc(F)ccc3F)CC2)cc1. The summed E-state index contributed by atoms with van der Waals surface area (Å²) in [5, 5.41) is 6.07. The van der Waals surface area contributed by atoms with Crippen LogP contribution in [0.1, 0.15) is 36.0 Å². The molecule has 5 nitrogen and oxygen atoms in total. The van der Waals surface area contributed by atoms with E-state index in [9.17, 15) is 13.6 Å². The predicted molar refractivity (Wildman–Crippen MR) is 114 cm³/mol. The summed E-state index contributed by atoms with van der Waals surface area (Å²) in [5.41, 5.74) is 0.862. The van der Waals surface area contributed by atoms with Crippen molar-refractivity contribution in [2.75, 3.05) is 38.6 Å². The number of nitrogens with one attached hydrogen (secondary N) is 2. The van der Waals surface area contributed by atoms with E-state index in [1.54, 1.807) is 31.4 Å². The van der Waals surface area contributed by atoms with Gasteiger partial charge in [-0.25, -0.2) is 8.78 Å². The maximum Gasteiger partial charge on any atom is 0.251 e. The third kappa shape index (κ3) is 6.42. The average Bonchev–Trinajstić information content (AvgIpc) is 2.77. The van der Waals surface area contributed by atoms with E-state index in [0.717, 1.165) is 63.2 Å². The number of piperidine rings is 1. The van der Waals surface area contributed by atoms with Crippen LogP contribution in [0.25, 0.3) is 0 Å². The van der Waals surface area contributed by atoms with Crippen molar-refractivity contribution in [2.45, 2.75) is 31.7 Å². The summed E-state index contributed by atoms with van der Waals surface area (Å²) in [5.74, 6) is -0.202. The van der Waals surface area contributed by atoms with Crippen molar-refractivity contribution < 1.29 is 18.3 Å². The van der Waals surface area contributed by atoms with Crippen LogP contribution in [0.2, 0.25) is 0 Å². The maximum absolute atomic E-state index is 13.8. The summed E-state index contributed by atoms with van der Waals surface area (Å²) in [6, 6.07) is 10.7. The minimum absolute atomic E-state index is 0.0749. The molecule has 0 atom stereocenters. The smallest absolute Gasteiger partial charge is 0.251 e. The van der Waals surface area contributed by atoms with Gasteiger partial charge in [0.05, 0.1) is 12.8 Å². The van der Waals surface area contributed by atoms with Gasteiger partial charge in [-0.15, -0.1) is 0 Å². The molecule has 3 rings (SSSR count). The predicted octanol–water partition coefficient (Wildman–Crippen LogP) is 4.06. The first-order chi connectivity index (χ1) is 14.5. The van der Waals surface area contributed by atoms with Gasteiger partial charge >= 0.3 is 0 Å². The molecule has 1 amide bonds. The lowest BCUT2D eigenvalue weighted by Gasteiger charge is -2.33. The number of nitrogens with zero attached hydrogens (tertiary/aromatic N) is 1. The number of anilines is 1. The zero-order valence-corrected chi connectivity index (χ0v) is 17.3. The standard InChI is InChI=1S/C23H29F2N3O2/c1-30-20-7-4-17(5-8-20)23(29)26-12-2-3-13-28-14-10-19(11-15-28)27-22-16-18(24)6-9-21(22)25/h4-9,16,19,27H,2-3,10-15H2,1H3,(H,26,29). The van der Waals surface area contributed by atoms with Gasteiger partial charge in [-0.2, -0.15) is 0 Å². The lowest BCUT2D eigenvalue weighted by Crippen LogP contribution is -2.39. The highest BCUT2D eigenvalue weighted by Gasteiger charge is 2.19. The Labute approximate surface area is 176 Å². The fraction of sp³-hybridized carbons (Fsp3) is 0.435. The zero-order valence-electron chi connectivity index (χ0n) is 17.3. The molecule has 0 aromatic heterocycles. The Morgan fingerprint density at radius 1 is 1.10 bits per heavy atom. The summed E-state index contributed by atoms with van der Waals surface area (Å²) >= 11 is 0. The molecule has 0 bridgehead atoms. The van der Waals surface area contributed by atoms with Crippen molar-refractivity contribution in [3.05, 3.63) is 59.7 Å². The number of benzene rings is 2. The Balaban J connectivity index is 1.29. The first-order valence-electron chi connectivity index (χ1n) is 10.4. The van der Waals surface area contributed by atoms with Gasteiger partial charge in [0.15, 0.2) is 0 Å². The van der Waals surface area contributed by atoms with Crippen LogP contribution in [0.5, 0.6) is 5.75 Å². The van der Waals surface area contributed by atoms with E-state index in [2.05, 4.69) is 15.5 Å². The van der Waals surface area contributed by atoms with Crippen LogP contribution in [0, 0.1) is 11.6 Å². The van der Waals surface area contributed by atoms with E-state index in [1.807, 2.05) is 0 Å². The van der Waals surface area contributed by atoms with Crippen LogP contribution >= 0.6 is 0 Å². The molecule has 2 N–H and O–H groups in total. The highest BCUT2D eigenvalue weighted by molar-refractivity contribution is 5.94. The van der Waals surface area contributed by atoms with Crippen LogP contribution in [0.3, 0.4) is 0 Å². The molecule has 7 heteroatoms. The number of methoxy groups -OCH3 is 1. The van der Waals surface area contributed by atoms with Gasteiger partial charge < -0.3 is 20.3 Å². The van der Waals surface area contributed by atoms with Crippen molar-refractivity contribution in [3.8, 4) is 5.75 Å². The molecule has 0 radical (unpaired) electrons. The Morgan fingerprint density at radius 2 is 1.83 bits per heavy atom. The van der Waals surface area contributed by atoms with Gasteiger partial charge in [0.1, 0.15) is 17.4 Å². The molecule has 1 heterocycles. The molecule has 162 valence electrons. The number of ether oxygens (including phenoxy) is 1. The second kappa shape index (κ2) is 10.9. The lowest BCUT2D eigenvalue weighted by atomic mass is 10.0. The molecule has 1 fully saturated rings. The minimum Gasteiger partial charge on any atom is -0.497 e. The van der Waals surface area contributed by atoms with Crippen molar-refractivity contribution in [1.82, 2.24) is 10.2 Å². The second-order valence-electron chi connectivity index (χ2n) is 7.58. The van der Waals surface area contributed by atoms with Crippen LogP contribution in [-0.2, 0) is 0 Å². The zero-order chi connectivity index (χ0) is 21.3. The number of likely N-dealkylation sites (tertiary alicyclic amines) is 1. The molecule has 2 aromatic carbocycles. The number of hydrogen-bond acceptors (Lipinski definition) is 4. The van der Waals surface area contributed by atoms with Crippen LogP contribution in [-0.4, -0.2) is 50.1 Å². The average molecular weight is 418 g/mol. The Morgan fingerprint density at radius 3 is 2.53 bits per heavy atom. The van der Waals surface area contributed by atoms with E-state index in [-0.39, 0.29) is 17.6 Å². The fourth-order valence-corrected chi connectivity index (χ4v) is 3.64. The topological polar surface area (TPSA) is 53.6 Å². The quantitative estimate of drug-likeness (QED) is 0.604. The van der Waals surface area contributed by atoms with Gasteiger partial charge in [0, 0.05) is 31.2 Å². The van der Waals surface area contributed by atoms with Gasteiger partial charge in [-0.3, -0.25) is 4.79 Å². The summed E-state index contributed by atoms with van der Waals surface area (Å²) in [6.45, 7) is 3.46. The first-order valence-corrected chi connectivity index (χ1v) is 10.4. The summed E-state index contributed by atoms with van der Waals surface area (Å²) < 4.78 is 32.2. The van der Waals surface area contributed by atoms with Gasteiger partial charge in [-0.1, -0.05) is 0 Å². The van der Waals surface area contributed by atoms with E-state index in [0.29, 0.717) is 12.1 Å². The molecule has 2 aromatic rings. The van der Waals surface area contributed by atoms with Crippen molar-refractivity contribution in [2.24, 2.45) is 0 Å². The van der Waals surface area contributed by atoms with E-state index in [4.69, 9.17) is 4.74 Å². The van der Waals surface area contributed by atoms with Crippen LogP contribution < -0.4 is 15.4 Å². The summed E-state index contributed by atoms with van der Waals surface area (Å²) in [6.07, 6.45) is 3.70. The molecule has 1 aliphatic heterocycles. The number of rotatable bonds is 9. The van der Waals surface area contributed by atoms with Crippen LogP contribution in [0.4, 0.5) is 14.5 Å². The van der Waals surface area contributed by atoms with Crippen molar-refractivity contribution in [3.63, 3.8) is 0 Å². The van der Waals surface area contributed by atoms with E-state index in [1.165, 1.54) is 6.07 Å². The van der Waals surface area contributed by atoms with Gasteiger partial charge in [0.2, 0.25) is 0 Å². The number of halogens is 2. The number of carbonyl (C=O) groups is 1. The van der Waals surface area contributed by atoms with Gasteiger partial charge in [-0.05, 0) is 74.7 Å². The Bertz CT molecular complexity index is 822. The number of hydrogen-bond donors (Lipinski definition) is 2. The lowest BCUT2D eigenvalue weighted by molar-refractivity contribution is 0.0952. The molecule has 1 saturated heterocycles. The largest absolute Gasteiger partial charge is 0.497 e. The molecule has 0 aliphatic carbocycles. The summed E-state index contributed by atoms with van der Waals surface area (Å²) in [4.78, 5) is 14.5. The molecular formula is C23H29F2N3O2. The molecule has 30 heavy (non-hydrogen) atoms. The van der Waals surface area contributed by atoms with Crippen molar-refractivity contribution >= 4 is 11.6 Å². The fourth-order valence-electron chi connectivity index (χ4n) is 3.64. The van der Waals surface area contributed by atoms with E-state index >= 15 is 0 Å². The van der Waals surface area contributed by atoms with Gasteiger partial charge in [0.25, 0.3) is 5.91 Å². The third-order valence-corrected chi connectivity index (χ3v) is 5.41. The Kier molecular flexibility index (Phi) is 8.02. The van der Waals surface area contributed by atoms with Crippen LogP contribution in [0.15, 0.2) is 42.5 Å². The molecular weight excluding hydrogens is 388 g/mol. The molecule has 1 aliphatic rings. The highest BCUT2D eigenvalue weighted by atomic mass is 19.1.